The Morgan fingerprint density at radius 2 is 1.77 bits per heavy atom. The molecule has 3 N–H and O–H groups in total. The fourth-order valence-electron chi connectivity index (χ4n) is 3.08. The van der Waals surface area contributed by atoms with Crippen LogP contribution < -0.4 is 11.1 Å². The Hall–Kier alpha value is -3.23. The Bertz CT molecular complexity index is 1180. The van der Waals surface area contributed by atoms with Crippen LogP contribution in [-0.2, 0) is 19.4 Å². The first-order chi connectivity index (χ1) is 13.8. The monoisotopic (exact) mass is 445 g/mol. The highest BCUT2D eigenvalue weighted by Crippen LogP contribution is 2.30. The van der Waals surface area contributed by atoms with Crippen LogP contribution in [0.2, 0.25) is 0 Å². The third-order valence-electron chi connectivity index (χ3n) is 4.42. The van der Waals surface area contributed by atoms with Gasteiger partial charge in [0, 0.05) is 6.20 Å². The molecule has 3 rings (SSSR count). The number of anilines is 1. The zero-order valence-electron chi connectivity index (χ0n) is 15.8. The number of pyridine rings is 1. The zero-order valence-corrected chi connectivity index (χ0v) is 17.4. The van der Waals surface area contributed by atoms with Crippen molar-refractivity contribution in [3.05, 3.63) is 85.2 Å². The van der Waals surface area contributed by atoms with E-state index >= 15 is 0 Å². The summed E-state index contributed by atoms with van der Waals surface area (Å²) in [5.74, 6) is -2.31. The quantitative estimate of drug-likeness (QED) is 0.428. The number of hydrogen-bond acceptors (Lipinski definition) is 5. The van der Waals surface area contributed by atoms with Crippen LogP contribution >= 0.6 is 12.4 Å². The summed E-state index contributed by atoms with van der Waals surface area (Å²) in [6.45, 7) is 3.60. The summed E-state index contributed by atoms with van der Waals surface area (Å²) in [6.07, 6.45) is 4.01. The molecule has 0 saturated carbocycles. The van der Waals surface area contributed by atoms with Crippen molar-refractivity contribution in [2.24, 2.45) is 5.73 Å². The number of nitrogens with two attached hydrogens (primary N) is 1. The molecule has 2 unspecified atom stereocenters. The third kappa shape index (κ3) is 4.67. The van der Waals surface area contributed by atoms with E-state index in [-0.39, 0.29) is 18.1 Å². The second kappa shape index (κ2) is 9.51. The Kier molecular flexibility index (Phi) is 7.31. The first kappa shape index (κ1) is 23.1. The topological polar surface area (TPSA) is 119 Å². The summed E-state index contributed by atoms with van der Waals surface area (Å²) in [6, 6.07) is 15.6. The molecule has 0 spiro atoms. The van der Waals surface area contributed by atoms with Gasteiger partial charge < -0.3 is 11.1 Å². The normalized spacial score (nSPS) is 12.9. The fourth-order valence-corrected chi connectivity index (χ4v) is 4.84. The van der Waals surface area contributed by atoms with Gasteiger partial charge in [-0.25, -0.2) is 8.42 Å². The van der Waals surface area contributed by atoms with E-state index in [0.29, 0.717) is 5.56 Å². The molecule has 0 aliphatic heterocycles. The number of amides is 2. The summed E-state index contributed by atoms with van der Waals surface area (Å²) in [4.78, 5) is 28.4. The number of rotatable bonds is 7. The minimum absolute atomic E-state index is 0. The Morgan fingerprint density at radius 1 is 1.07 bits per heavy atom. The second-order valence-electron chi connectivity index (χ2n) is 6.37. The van der Waals surface area contributed by atoms with E-state index in [2.05, 4.69) is 16.9 Å². The number of hydrogen-bond donors (Lipinski definition) is 2. The first-order valence-electron chi connectivity index (χ1n) is 8.69. The first-order valence-corrected chi connectivity index (χ1v) is 10.3. The number of nitrogens with zero attached hydrogens (tertiary/aromatic N) is 1. The average molecular weight is 446 g/mol. The number of carbonyl (C=O) groups is 2. The summed E-state index contributed by atoms with van der Waals surface area (Å²) in [7, 11) is -4.38. The van der Waals surface area contributed by atoms with Crippen LogP contribution in [0, 0.1) is 0 Å². The van der Waals surface area contributed by atoms with Gasteiger partial charge in [0.1, 0.15) is 5.25 Å². The molecule has 1 heterocycles. The highest BCUT2D eigenvalue weighted by atomic mass is 35.5. The molecule has 0 fully saturated rings. The largest absolute Gasteiger partial charge is 0.368 e. The Morgan fingerprint density at radius 3 is 2.37 bits per heavy atom. The number of benzene rings is 2. The van der Waals surface area contributed by atoms with Crippen molar-refractivity contribution in [2.45, 2.75) is 10.5 Å². The maximum atomic E-state index is 13.2. The second-order valence-corrected chi connectivity index (χ2v) is 8.52. The SMILES string of the molecule is C=CC(c1ccc2ccccc2c1)S(=O)(=O)C(C(N)=O)C(=O)Nc1cccnc1.Cl. The number of aromatic nitrogens is 1. The smallest absolute Gasteiger partial charge is 0.252 e. The van der Waals surface area contributed by atoms with Gasteiger partial charge in [0.15, 0.2) is 9.84 Å². The van der Waals surface area contributed by atoms with E-state index in [9.17, 15) is 18.0 Å². The maximum Gasteiger partial charge on any atom is 0.252 e. The van der Waals surface area contributed by atoms with Crippen molar-refractivity contribution < 1.29 is 18.0 Å². The van der Waals surface area contributed by atoms with Crippen molar-refractivity contribution in [2.75, 3.05) is 5.32 Å². The number of nitrogens with one attached hydrogen (secondary N) is 1. The lowest BCUT2D eigenvalue weighted by Gasteiger charge is -2.20. The van der Waals surface area contributed by atoms with Gasteiger partial charge in [0.25, 0.3) is 5.91 Å². The molecule has 1 aromatic heterocycles. The molecule has 0 saturated heterocycles. The summed E-state index contributed by atoms with van der Waals surface area (Å²) in [5.41, 5.74) is 5.95. The van der Waals surface area contributed by atoms with Gasteiger partial charge in [-0.3, -0.25) is 14.6 Å². The van der Waals surface area contributed by atoms with E-state index in [1.54, 1.807) is 24.3 Å². The lowest BCUT2D eigenvalue weighted by Crippen LogP contribution is -2.46. The van der Waals surface area contributed by atoms with Crippen molar-refractivity contribution in [1.29, 1.82) is 0 Å². The fraction of sp³-hybridized carbons (Fsp3) is 0.0952. The van der Waals surface area contributed by atoms with Crippen molar-refractivity contribution in [1.82, 2.24) is 4.98 Å². The van der Waals surface area contributed by atoms with Crippen LogP contribution in [0.3, 0.4) is 0 Å². The maximum absolute atomic E-state index is 13.2. The third-order valence-corrected chi connectivity index (χ3v) is 6.70. The minimum Gasteiger partial charge on any atom is -0.368 e. The highest BCUT2D eigenvalue weighted by molar-refractivity contribution is 7.94. The Labute approximate surface area is 180 Å². The number of fused-ring (bicyclic) bond motifs is 1. The molecule has 2 atom stereocenters. The predicted octanol–water partition coefficient (Wildman–Crippen LogP) is 2.79. The number of sulfone groups is 1. The van der Waals surface area contributed by atoms with E-state index in [4.69, 9.17) is 5.73 Å². The lowest BCUT2D eigenvalue weighted by atomic mass is 10.1. The van der Waals surface area contributed by atoms with Gasteiger partial charge in [0.2, 0.25) is 11.2 Å². The molecule has 2 amide bonds. The Balaban J connectivity index is 0.00000320. The zero-order chi connectivity index (χ0) is 21.0. The average Bonchev–Trinajstić information content (AvgIpc) is 2.68. The molecule has 3 aromatic rings. The van der Waals surface area contributed by atoms with E-state index in [1.165, 1.54) is 24.5 Å². The summed E-state index contributed by atoms with van der Waals surface area (Å²) in [5, 5.41) is 0.750. The van der Waals surface area contributed by atoms with Gasteiger partial charge >= 0.3 is 0 Å². The minimum atomic E-state index is -4.38. The molecule has 0 radical (unpaired) electrons. The molecule has 0 aliphatic rings. The van der Waals surface area contributed by atoms with Crippen LogP contribution in [0.15, 0.2) is 79.6 Å². The van der Waals surface area contributed by atoms with Gasteiger partial charge in [-0.15, -0.1) is 19.0 Å². The molecular formula is C21H20ClN3O4S. The number of carbonyl (C=O) groups excluding carboxylic acids is 2. The standard InChI is InChI=1S/C21H19N3O4S.ClH/c1-2-18(16-10-9-14-6-3-4-7-15(14)12-16)29(27,28)19(20(22)25)21(26)24-17-8-5-11-23-13-17;/h2-13,18-19H,1H2,(H2,22,25)(H,24,26);1H. The molecule has 30 heavy (non-hydrogen) atoms. The van der Waals surface area contributed by atoms with Crippen LogP contribution in [0.25, 0.3) is 10.8 Å². The van der Waals surface area contributed by atoms with Crippen LogP contribution in [0.5, 0.6) is 0 Å². The van der Waals surface area contributed by atoms with E-state index in [1.807, 2.05) is 24.3 Å². The number of primary amides is 1. The van der Waals surface area contributed by atoms with E-state index < -0.39 is 32.2 Å². The van der Waals surface area contributed by atoms with Gasteiger partial charge in [-0.05, 0) is 34.5 Å². The van der Waals surface area contributed by atoms with Gasteiger partial charge in [0.05, 0.1) is 11.9 Å². The van der Waals surface area contributed by atoms with Gasteiger partial charge in [-0.1, -0.05) is 42.5 Å². The summed E-state index contributed by atoms with van der Waals surface area (Å²) < 4.78 is 26.4. The molecule has 7 nitrogen and oxygen atoms in total. The molecule has 9 heteroatoms. The van der Waals surface area contributed by atoms with Crippen molar-refractivity contribution in [3.63, 3.8) is 0 Å². The van der Waals surface area contributed by atoms with Gasteiger partial charge in [-0.2, -0.15) is 0 Å². The van der Waals surface area contributed by atoms with Crippen LogP contribution in [0.1, 0.15) is 10.8 Å². The van der Waals surface area contributed by atoms with Crippen LogP contribution in [-0.4, -0.2) is 30.5 Å². The lowest BCUT2D eigenvalue weighted by molar-refractivity contribution is -0.124. The predicted molar refractivity (Wildman–Crippen MR) is 119 cm³/mol. The van der Waals surface area contributed by atoms with Crippen molar-refractivity contribution in [3.8, 4) is 0 Å². The summed E-state index contributed by atoms with van der Waals surface area (Å²) >= 11 is 0. The van der Waals surface area contributed by atoms with E-state index in [0.717, 1.165) is 10.8 Å². The van der Waals surface area contributed by atoms with Crippen molar-refractivity contribution >= 4 is 50.5 Å². The number of halogens is 1. The van der Waals surface area contributed by atoms with Crippen LogP contribution in [0.4, 0.5) is 5.69 Å². The molecule has 0 bridgehead atoms. The molecule has 0 aliphatic carbocycles. The molecule has 2 aromatic carbocycles. The molecular weight excluding hydrogens is 426 g/mol. The highest BCUT2D eigenvalue weighted by Gasteiger charge is 2.42. The molecule has 156 valence electrons.